The number of nitro benzene ring substituents is 1. The van der Waals surface area contributed by atoms with E-state index in [1.807, 2.05) is 0 Å². The molecule has 1 aromatic carbocycles. The van der Waals surface area contributed by atoms with Gasteiger partial charge in [0.25, 0.3) is 5.69 Å². The Morgan fingerprint density at radius 1 is 1.29 bits per heavy atom. The fraction of sp³-hybridized carbons (Fsp3) is 0.250. The Hall–Kier alpha value is -2.67. The molecule has 1 amide bonds. The van der Waals surface area contributed by atoms with Crippen LogP contribution in [-0.4, -0.2) is 39.9 Å². The molecule has 1 fully saturated rings. The zero-order chi connectivity index (χ0) is 17.1. The Kier molecular flexibility index (Phi) is 4.61. The number of nitrogens with zero attached hydrogens (tertiary/aromatic N) is 3. The van der Waals surface area contributed by atoms with Crippen LogP contribution < -0.4 is 4.74 Å². The minimum absolute atomic E-state index is 0.0130. The number of non-ortho nitro benzene ring substituents is 1. The van der Waals surface area contributed by atoms with Gasteiger partial charge in [-0.15, -0.1) is 0 Å². The summed E-state index contributed by atoms with van der Waals surface area (Å²) in [5, 5.41) is 11.1. The summed E-state index contributed by atoms with van der Waals surface area (Å²) in [5.41, 5.74) is 0.758. The van der Waals surface area contributed by atoms with E-state index in [0.29, 0.717) is 24.0 Å². The molecule has 0 N–H and O–H groups in total. The molecule has 1 aliphatic heterocycles. The van der Waals surface area contributed by atoms with E-state index in [4.69, 9.17) is 16.3 Å². The Balaban J connectivity index is 1.47. The fourth-order valence-corrected chi connectivity index (χ4v) is 2.45. The summed E-state index contributed by atoms with van der Waals surface area (Å²) in [4.78, 5) is 28.0. The van der Waals surface area contributed by atoms with Gasteiger partial charge in [-0.3, -0.25) is 14.9 Å². The molecule has 1 aliphatic rings. The maximum Gasteiger partial charge on any atom is 0.269 e. The normalized spacial score (nSPS) is 14.1. The van der Waals surface area contributed by atoms with Crippen molar-refractivity contribution in [1.82, 2.24) is 9.88 Å². The quantitative estimate of drug-likeness (QED) is 0.612. The number of amides is 1. The van der Waals surface area contributed by atoms with E-state index in [1.54, 1.807) is 29.2 Å². The second-order valence-electron chi connectivity index (χ2n) is 5.45. The molecule has 2 aromatic rings. The number of benzene rings is 1. The molecule has 0 saturated carbocycles. The van der Waals surface area contributed by atoms with E-state index in [9.17, 15) is 14.9 Å². The van der Waals surface area contributed by atoms with Crippen molar-refractivity contribution >= 4 is 23.2 Å². The molecular formula is C16H14ClN3O4. The van der Waals surface area contributed by atoms with E-state index in [2.05, 4.69) is 4.98 Å². The number of hydrogen-bond acceptors (Lipinski definition) is 5. The highest BCUT2D eigenvalue weighted by molar-refractivity contribution is 6.30. The zero-order valence-electron chi connectivity index (χ0n) is 12.6. The monoisotopic (exact) mass is 347 g/mol. The smallest absolute Gasteiger partial charge is 0.269 e. The second-order valence-corrected chi connectivity index (χ2v) is 5.89. The van der Waals surface area contributed by atoms with Crippen molar-refractivity contribution in [3.05, 3.63) is 63.3 Å². The predicted octanol–water partition coefficient (Wildman–Crippen LogP) is 2.48. The van der Waals surface area contributed by atoms with Crippen LogP contribution in [0.3, 0.4) is 0 Å². The number of hydrogen-bond donors (Lipinski definition) is 0. The largest absolute Gasteiger partial charge is 0.471 e. The number of likely N-dealkylation sites (tertiary alicyclic amines) is 1. The van der Waals surface area contributed by atoms with Crippen LogP contribution in [0.5, 0.6) is 5.88 Å². The van der Waals surface area contributed by atoms with Crippen molar-refractivity contribution < 1.29 is 14.5 Å². The Bertz CT molecular complexity index is 743. The third-order valence-corrected chi connectivity index (χ3v) is 3.91. The lowest BCUT2D eigenvalue weighted by atomic mass is 10.1. The topological polar surface area (TPSA) is 85.6 Å². The Morgan fingerprint density at radius 3 is 2.58 bits per heavy atom. The molecule has 1 aromatic heterocycles. The first-order valence-electron chi connectivity index (χ1n) is 7.30. The summed E-state index contributed by atoms with van der Waals surface area (Å²) >= 11 is 5.76. The van der Waals surface area contributed by atoms with Crippen LogP contribution in [0.2, 0.25) is 5.02 Å². The van der Waals surface area contributed by atoms with E-state index in [-0.39, 0.29) is 24.1 Å². The SMILES string of the molecule is O=C(Cc1ccc([N+](=O)[O-])cc1)N1CC(Oc2ccc(Cl)cn2)C1. The van der Waals surface area contributed by atoms with Gasteiger partial charge in [-0.2, -0.15) is 0 Å². The summed E-state index contributed by atoms with van der Waals surface area (Å²) in [7, 11) is 0. The number of ether oxygens (including phenoxy) is 1. The van der Waals surface area contributed by atoms with Crippen molar-refractivity contribution in [2.45, 2.75) is 12.5 Å². The molecule has 2 heterocycles. The van der Waals surface area contributed by atoms with Gasteiger partial charge in [0.05, 0.1) is 29.5 Å². The number of pyridine rings is 1. The van der Waals surface area contributed by atoms with Gasteiger partial charge in [0, 0.05) is 24.4 Å². The number of nitro groups is 1. The predicted molar refractivity (Wildman–Crippen MR) is 87.0 cm³/mol. The Morgan fingerprint density at radius 2 is 2.00 bits per heavy atom. The molecule has 0 radical (unpaired) electrons. The van der Waals surface area contributed by atoms with Crippen LogP contribution >= 0.6 is 11.6 Å². The van der Waals surface area contributed by atoms with Crippen molar-refractivity contribution in [2.75, 3.05) is 13.1 Å². The number of aromatic nitrogens is 1. The van der Waals surface area contributed by atoms with Gasteiger partial charge >= 0.3 is 0 Å². The van der Waals surface area contributed by atoms with Gasteiger partial charge in [0.15, 0.2) is 0 Å². The molecule has 7 nitrogen and oxygen atoms in total. The van der Waals surface area contributed by atoms with E-state index in [1.165, 1.54) is 18.3 Å². The lowest BCUT2D eigenvalue weighted by Crippen LogP contribution is -2.56. The summed E-state index contributed by atoms with van der Waals surface area (Å²) in [5.74, 6) is 0.444. The number of rotatable bonds is 5. The third-order valence-electron chi connectivity index (χ3n) is 3.69. The van der Waals surface area contributed by atoms with Crippen LogP contribution in [0.4, 0.5) is 5.69 Å². The average molecular weight is 348 g/mol. The third kappa shape index (κ3) is 3.80. The highest BCUT2D eigenvalue weighted by Crippen LogP contribution is 2.19. The maximum atomic E-state index is 12.2. The molecule has 0 spiro atoms. The lowest BCUT2D eigenvalue weighted by molar-refractivity contribution is -0.384. The van der Waals surface area contributed by atoms with Gasteiger partial charge in [0.2, 0.25) is 11.8 Å². The fourth-order valence-electron chi connectivity index (χ4n) is 2.34. The average Bonchev–Trinajstić information content (AvgIpc) is 2.52. The maximum absolute atomic E-state index is 12.2. The first kappa shape index (κ1) is 16.2. The van der Waals surface area contributed by atoms with Crippen molar-refractivity contribution in [1.29, 1.82) is 0 Å². The second kappa shape index (κ2) is 6.84. The van der Waals surface area contributed by atoms with Gasteiger partial charge in [-0.25, -0.2) is 4.98 Å². The molecular weight excluding hydrogens is 334 g/mol. The van der Waals surface area contributed by atoms with Crippen molar-refractivity contribution in [2.24, 2.45) is 0 Å². The number of carbonyl (C=O) groups excluding carboxylic acids is 1. The lowest BCUT2D eigenvalue weighted by Gasteiger charge is -2.38. The van der Waals surface area contributed by atoms with Gasteiger partial charge < -0.3 is 9.64 Å². The summed E-state index contributed by atoms with van der Waals surface area (Å²) in [6.07, 6.45) is 1.64. The van der Waals surface area contributed by atoms with Gasteiger partial charge in [-0.1, -0.05) is 23.7 Å². The van der Waals surface area contributed by atoms with E-state index < -0.39 is 4.92 Å². The van der Waals surface area contributed by atoms with Crippen molar-refractivity contribution in [3.63, 3.8) is 0 Å². The standard InChI is InChI=1S/C16H14ClN3O4/c17-12-3-6-15(18-8-12)24-14-9-19(10-14)16(21)7-11-1-4-13(5-2-11)20(22)23/h1-6,8,14H,7,9-10H2. The van der Waals surface area contributed by atoms with Crippen LogP contribution in [0.1, 0.15) is 5.56 Å². The molecule has 0 aliphatic carbocycles. The number of carbonyl (C=O) groups is 1. The first-order chi connectivity index (χ1) is 11.5. The molecule has 8 heteroatoms. The molecule has 1 saturated heterocycles. The highest BCUT2D eigenvalue weighted by atomic mass is 35.5. The van der Waals surface area contributed by atoms with Crippen LogP contribution in [0, 0.1) is 10.1 Å². The minimum atomic E-state index is -0.465. The van der Waals surface area contributed by atoms with E-state index in [0.717, 1.165) is 5.56 Å². The zero-order valence-corrected chi connectivity index (χ0v) is 13.3. The molecule has 124 valence electrons. The molecule has 3 rings (SSSR count). The summed E-state index contributed by atoms with van der Waals surface area (Å²) in [6.45, 7) is 0.992. The Labute approximate surface area is 143 Å². The van der Waals surface area contributed by atoms with Crippen LogP contribution in [0.25, 0.3) is 0 Å². The molecule has 24 heavy (non-hydrogen) atoms. The molecule has 0 atom stereocenters. The summed E-state index contributed by atoms with van der Waals surface area (Å²) < 4.78 is 5.64. The van der Waals surface area contributed by atoms with Gasteiger partial charge in [-0.05, 0) is 11.6 Å². The van der Waals surface area contributed by atoms with E-state index >= 15 is 0 Å². The van der Waals surface area contributed by atoms with Crippen LogP contribution in [0.15, 0.2) is 42.6 Å². The van der Waals surface area contributed by atoms with Crippen molar-refractivity contribution in [3.8, 4) is 5.88 Å². The van der Waals surface area contributed by atoms with Crippen LogP contribution in [-0.2, 0) is 11.2 Å². The highest BCUT2D eigenvalue weighted by Gasteiger charge is 2.32. The summed E-state index contributed by atoms with van der Waals surface area (Å²) in [6, 6.07) is 9.38. The first-order valence-corrected chi connectivity index (χ1v) is 7.68. The van der Waals surface area contributed by atoms with Gasteiger partial charge in [0.1, 0.15) is 6.10 Å². The minimum Gasteiger partial charge on any atom is -0.471 e. The molecule has 0 bridgehead atoms. The molecule has 0 unspecified atom stereocenters. The number of halogens is 1.